The van der Waals surface area contributed by atoms with Crippen molar-refractivity contribution in [2.24, 2.45) is 5.73 Å². The highest BCUT2D eigenvalue weighted by molar-refractivity contribution is 4.90. The van der Waals surface area contributed by atoms with Crippen molar-refractivity contribution >= 4 is 0 Å². The number of rotatable bonds is 13. The number of nitrogens with one attached hydrogen (secondary N) is 1. The van der Waals surface area contributed by atoms with Crippen LogP contribution >= 0.6 is 0 Å². The number of hydrogen-bond donors (Lipinski definition) is 2. The molecule has 3 N–H and O–H groups in total. The predicted octanol–water partition coefficient (Wildman–Crippen LogP) is 4.77. The first kappa shape index (κ1) is 18.0. The molecule has 0 aromatic heterocycles. The van der Waals surface area contributed by atoms with Crippen LogP contribution in [0.5, 0.6) is 0 Å². The summed E-state index contributed by atoms with van der Waals surface area (Å²) < 4.78 is 0. The molecule has 0 aliphatic heterocycles. The van der Waals surface area contributed by atoms with Gasteiger partial charge in [0.05, 0.1) is 0 Å². The van der Waals surface area contributed by atoms with Gasteiger partial charge in [-0.2, -0.15) is 0 Å². The van der Waals surface area contributed by atoms with Crippen molar-refractivity contribution < 1.29 is 0 Å². The number of nitrogens with two attached hydrogens (primary N) is 1. The van der Waals surface area contributed by atoms with E-state index in [-0.39, 0.29) is 5.54 Å². The van der Waals surface area contributed by atoms with Crippen LogP contribution in [-0.2, 0) is 0 Å². The van der Waals surface area contributed by atoms with Crippen molar-refractivity contribution in [3.63, 3.8) is 0 Å². The van der Waals surface area contributed by atoms with E-state index in [1.807, 2.05) is 0 Å². The van der Waals surface area contributed by atoms with E-state index in [2.05, 4.69) is 12.2 Å². The van der Waals surface area contributed by atoms with Gasteiger partial charge < -0.3 is 11.1 Å². The molecule has 1 fully saturated rings. The van der Waals surface area contributed by atoms with Gasteiger partial charge in [-0.1, -0.05) is 77.6 Å². The lowest BCUT2D eigenvalue weighted by Gasteiger charge is -2.23. The van der Waals surface area contributed by atoms with Crippen LogP contribution in [0.3, 0.4) is 0 Å². The monoisotopic (exact) mass is 282 g/mol. The smallest absolute Gasteiger partial charge is 0.0280 e. The molecule has 0 spiro atoms. The highest BCUT2D eigenvalue weighted by atomic mass is 14.9. The van der Waals surface area contributed by atoms with Gasteiger partial charge in [-0.3, -0.25) is 0 Å². The lowest BCUT2D eigenvalue weighted by molar-refractivity contribution is 0.401. The van der Waals surface area contributed by atoms with Gasteiger partial charge in [0.15, 0.2) is 0 Å². The van der Waals surface area contributed by atoms with Gasteiger partial charge in [0.2, 0.25) is 0 Å². The number of hydrogen-bond acceptors (Lipinski definition) is 2. The summed E-state index contributed by atoms with van der Waals surface area (Å²) in [5.41, 5.74) is 6.45. The Labute approximate surface area is 127 Å². The van der Waals surface area contributed by atoms with Crippen LogP contribution in [0, 0.1) is 0 Å². The van der Waals surface area contributed by atoms with Crippen LogP contribution in [0.15, 0.2) is 0 Å². The van der Waals surface area contributed by atoms with Crippen LogP contribution in [0.2, 0.25) is 0 Å². The van der Waals surface area contributed by atoms with Crippen molar-refractivity contribution in [2.75, 3.05) is 13.1 Å². The van der Waals surface area contributed by atoms with E-state index in [0.29, 0.717) is 0 Å². The summed E-state index contributed by atoms with van der Waals surface area (Å²) in [4.78, 5) is 0. The van der Waals surface area contributed by atoms with Gasteiger partial charge in [0, 0.05) is 12.1 Å². The quantitative estimate of drug-likeness (QED) is 0.478. The Kier molecular flexibility index (Phi) is 10.4. The number of unbranched alkanes of at least 4 members (excludes halogenated alkanes) is 9. The molecule has 120 valence electrons. The minimum absolute atomic E-state index is 0.124. The zero-order valence-corrected chi connectivity index (χ0v) is 13.9. The second-order valence-electron chi connectivity index (χ2n) is 6.93. The first-order valence-corrected chi connectivity index (χ1v) is 9.26. The van der Waals surface area contributed by atoms with Crippen LogP contribution in [-0.4, -0.2) is 18.6 Å². The molecule has 20 heavy (non-hydrogen) atoms. The molecule has 1 aliphatic rings. The van der Waals surface area contributed by atoms with Gasteiger partial charge in [-0.05, 0) is 25.8 Å². The van der Waals surface area contributed by atoms with Crippen LogP contribution in [0.1, 0.15) is 96.8 Å². The molecule has 0 radical (unpaired) electrons. The minimum Gasteiger partial charge on any atom is -0.324 e. The molecular weight excluding hydrogens is 244 g/mol. The molecule has 0 unspecified atom stereocenters. The topological polar surface area (TPSA) is 38.0 Å². The van der Waals surface area contributed by atoms with Crippen LogP contribution in [0.4, 0.5) is 0 Å². The molecular formula is C18H38N2. The highest BCUT2D eigenvalue weighted by Crippen LogP contribution is 2.26. The minimum atomic E-state index is 0.124. The summed E-state index contributed by atoms with van der Waals surface area (Å²) >= 11 is 0. The first-order chi connectivity index (χ1) is 9.77. The summed E-state index contributed by atoms with van der Waals surface area (Å²) in [5, 5.41) is 3.57. The summed E-state index contributed by atoms with van der Waals surface area (Å²) in [7, 11) is 0. The predicted molar refractivity (Wildman–Crippen MR) is 90.1 cm³/mol. The lowest BCUT2D eigenvalue weighted by atomic mass is 9.99. The third kappa shape index (κ3) is 8.97. The van der Waals surface area contributed by atoms with Crippen molar-refractivity contribution in [2.45, 2.75) is 102 Å². The average molecular weight is 283 g/mol. The van der Waals surface area contributed by atoms with E-state index >= 15 is 0 Å². The molecule has 0 saturated heterocycles. The lowest BCUT2D eigenvalue weighted by Crippen LogP contribution is -2.46. The van der Waals surface area contributed by atoms with Crippen molar-refractivity contribution in [3.8, 4) is 0 Å². The SMILES string of the molecule is CCCCCCCCCCCCNCC1(N)CCCC1. The fourth-order valence-corrected chi connectivity index (χ4v) is 3.33. The fraction of sp³-hybridized carbons (Fsp3) is 1.00. The molecule has 0 heterocycles. The van der Waals surface area contributed by atoms with Gasteiger partial charge in [-0.25, -0.2) is 0 Å². The Morgan fingerprint density at radius 2 is 1.30 bits per heavy atom. The van der Waals surface area contributed by atoms with E-state index in [1.165, 1.54) is 89.9 Å². The third-order valence-corrected chi connectivity index (χ3v) is 4.78. The van der Waals surface area contributed by atoms with Gasteiger partial charge in [0.25, 0.3) is 0 Å². The van der Waals surface area contributed by atoms with Crippen LogP contribution in [0.25, 0.3) is 0 Å². The molecule has 0 aromatic rings. The van der Waals surface area contributed by atoms with E-state index in [0.717, 1.165) is 13.1 Å². The molecule has 1 saturated carbocycles. The fourth-order valence-electron chi connectivity index (χ4n) is 3.33. The Morgan fingerprint density at radius 1 is 0.800 bits per heavy atom. The van der Waals surface area contributed by atoms with Crippen LogP contribution < -0.4 is 11.1 Å². The van der Waals surface area contributed by atoms with E-state index in [9.17, 15) is 0 Å². The molecule has 2 heteroatoms. The molecule has 0 aromatic carbocycles. The van der Waals surface area contributed by atoms with Gasteiger partial charge in [-0.15, -0.1) is 0 Å². The second-order valence-corrected chi connectivity index (χ2v) is 6.93. The maximum atomic E-state index is 6.33. The molecule has 0 bridgehead atoms. The second kappa shape index (κ2) is 11.6. The summed E-state index contributed by atoms with van der Waals surface area (Å²) in [6, 6.07) is 0. The standard InChI is InChI=1S/C18H38N2/c1-2-3-4-5-6-7-8-9-10-13-16-20-17-18(19)14-11-12-15-18/h20H,2-17,19H2,1H3. The van der Waals surface area contributed by atoms with E-state index < -0.39 is 0 Å². The maximum absolute atomic E-state index is 6.33. The average Bonchev–Trinajstić information content (AvgIpc) is 2.87. The molecule has 2 nitrogen and oxygen atoms in total. The van der Waals surface area contributed by atoms with Crippen molar-refractivity contribution in [3.05, 3.63) is 0 Å². The maximum Gasteiger partial charge on any atom is 0.0280 e. The summed E-state index contributed by atoms with van der Waals surface area (Å²) in [6.07, 6.45) is 19.3. The zero-order chi connectivity index (χ0) is 14.5. The summed E-state index contributed by atoms with van der Waals surface area (Å²) in [6.45, 7) is 4.48. The third-order valence-electron chi connectivity index (χ3n) is 4.78. The van der Waals surface area contributed by atoms with Gasteiger partial charge >= 0.3 is 0 Å². The van der Waals surface area contributed by atoms with Crippen molar-refractivity contribution in [1.82, 2.24) is 5.32 Å². The Hall–Kier alpha value is -0.0800. The molecule has 0 atom stereocenters. The van der Waals surface area contributed by atoms with Crippen molar-refractivity contribution in [1.29, 1.82) is 0 Å². The first-order valence-electron chi connectivity index (χ1n) is 9.26. The molecule has 1 aliphatic carbocycles. The molecule has 1 rings (SSSR count). The Bertz CT molecular complexity index is 209. The van der Waals surface area contributed by atoms with E-state index in [4.69, 9.17) is 5.73 Å². The molecule has 0 amide bonds. The zero-order valence-electron chi connectivity index (χ0n) is 13.9. The van der Waals surface area contributed by atoms with Gasteiger partial charge in [0.1, 0.15) is 0 Å². The van der Waals surface area contributed by atoms with E-state index in [1.54, 1.807) is 0 Å². The largest absolute Gasteiger partial charge is 0.324 e. The highest BCUT2D eigenvalue weighted by Gasteiger charge is 2.28. The summed E-state index contributed by atoms with van der Waals surface area (Å²) in [5.74, 6) is 0. The Balaban J connectivity index is 1.74. The Morgan fingerprint density at radius 3 is 1.85 bits per heavy atom. The normalized spacial score (nSPS) is 17.7.